The summed E-state index contributed by atoms with van der Waals surface area (Å²) in [6.07, 6.45) is 15.2. The van der Waals surface area contributed by atoms with Gasteiger partial charge in [-0.2, -0.15) is 0 Å². The summed E-state index contributed by atoms with van der Waals surface area (Å²) in [5.74, 6) is 0. The van der Waals surface area contributed by atoms with Gasteiger partial charge in [-0.1, -0.05) is 23.3 Å². The van der Waals surface area contributed by atoms with Gasteiger partial charge in [0, 0.05) is 6.04 Å². The van der Waals surface area contributed by atoms with E-state index in [2.05, 4.69) is 12.2 Å². The van der Waals surface area contributed by atoms with Crippen molar-refractivity contribution in [1.29, 1.82) is 0 Å². The van der Waals surface area contributed by atoms with Crippen molar-refractivity contribution in [2.24, 2.45) is 5.73 Å². The van der Waals surface area contributed by atoms with Crippen LogP contribution in [0.4, 0.5) is 0 Å². The molecule has 0 aromatic rings. The van der Waals surface area contributed by atoms with E-state index in [0.29, 0.717) is 6.04 Å². The van der Waals surface area contributed by atoms with Crippen molar-refractivity contribution in [3.05, 3.63) is 23.3 Å². The fourth-order valence-electron chi connectivity index (χ4n) is 2.48. The van der Waals surface area contributed by atoms with Crippen LogP contribution in [0.15, 0.2) is 23.3 Å². The molecule has 0 aromatic heterocycles. The maximum Gasteiger partial charge on any atom is 0.0229 e. The van der Waals surface area contributed by atoms with E-state index < -0.39 is 0 Å². The minimum absolute atomic E-state index is 0.352. The molecule has 78 valence electrons. The van der Waals surface area contributed by atoms with Crippen LogP contribution in [0.2, 0.25) is 0 Å². The summed E-state index contributed by atoms with van der Waals surface area (Å²) in [6.45, 7) is 0. The normalized spacial score (nSPS) is 27.4. The Labute approximate surface area is 87.1 Å². The van der Waals surface area contributed by atoms with Gasteiger partial charge in [0.1, 0.15) is 0 Å². The van der Waals surface area contributed by atoms with Crippen molar-refractivity contribution in [1.82, 2.24) is 0 Å². The Morgan fingerprint density at radius 2 is 2.00 bits per heavy atom. The van der Waals surface area contributed by atoms with Crippen LogP contribution in [-0.2, 0) is 0 Å². The summed E-state index contributed by atoms with van der Waals surface area (Å²) in [5.41, 5.74) is 9.14. The molecular weight excluding hydrogens is 170 g/mol. The molecule has 1 nitrogen and oxygen atoms in total. The van der Waals surface area contributed by atoms with Crippen LogP contribution in [0.1, 0.15) is 51.4 Å². The SMILES string of the molecule is NC1C=C(CCC2=CCCCC2)CC1. The van der Waals surface area contributed by atoms with Gasteiger partial charge in [0.2, 0.25) is 0 Å². The first-order valence-electron chi connectivity index (χ1n) is 5.97. The van der Waals surface area contributed by atoms with Crippen molar-refractivity contribution in [3.8, 4) is 0 Å². The van der Waals surface area contributed by atoms with E-state index in [-0.39, 0.29) is 0 Å². The van der Waals surface area contributed by atoms with Crippen LogP contribution >= 0.6 is 0 Å². The third-order valence-corrected chi connectivity index (χ3v) is 3.40. The third-order valence-electron chi connectivity index (χ3n) is 3.40. The largest absolute Gasteiger partial charge is 0.324 e. The van der Waals surface area contributed by atoms with Crippen molar-refractivity contribution in [2.75, 3.05) is 0 Å². The molecule has 1 atom stereocenters. The van der Waals surface area contributed by atoms with Crippen LogP contribution in [0.5, 0.6) is 0 Å². The zero-order valence-corrected chi connectivity index (χ0v) is 8.97. The second-order valence-electron chi connectivity index (χ2n) is 4.64. The summed E-state index contributed by atoms with van der Waals surface area (Å²) in [6, 6.07) is 0.352. The molecule has 2 aliphatic carbocycles. The minimum Gasteiger partial charge on any atom is -0.324 e. The first kappa shape index (κ1) is 9.97. The summed E-state index contributed by atoms with van der Waals surface area (Å²) in [5, 5.41) is 0. The van der Waals surface area contributed by atoms with E-state index in [0.717, 1.165) is 0 Å². The van der Waals surface area contributed by atoms with Crippen LogP contribution in [0.3, 0.4) is 0 Å². The molecule has 0 heterocycles. The summed E-state index contributed by atoms with van der Waals surface area (Å²) in [7, 11) is 0. The first-order chi connectivity index (χ1) is 6.84. The second kappa shape index (κ2) is 4.79. The Kier molecular flexibility index (Phi) is 3.41. The molecule has 0 radical (unpaired) electrons. The molecule has 0 fully saturated rings. The number of hydrogen-bond acceptors (Lipinski definition) is 1. The first-order valence-corrected chi connectivity index (χ1v) is 5.97. The van der Waals surface area contributed by atoms with Crippen LogP contribution < -0.4 is 5.73 Å². The molecule has 0 aromatic carbocycles. The molecule has 1 unspecified atom stereocenters. The molecule has 2 aliphatic rings. The van der Waals surface area contributed by atoms with Gasteiger partial charge in [0.05, 0.1) is 0 Å². The molecule has 0 amide bonds. The fraction of sp³-hybridized carbons (Fsp3) is 0.692. The standard InChI is InChI=1S/C13H21N/c14-13-9-8-12(10-13)7-6-11-4-2-1-3-5-11/h4,10,13H,1-3,5-9,14H2. The fourth-order valence-corrected chi connectivity index (χ4v) is 2.48. The number of hydrogen-bond donors (Lipinski definition) is 1. The lowest BCUT2D eigenvalue weighted by Crippen LogP contribution is -2.11. The molecule has 0 spiro atoms. The van der Waals surface area contributed by atoms with E-state index in [1.807, 2.05) is 0 Å². The molecule has 0 saturated carbocycles. The number of allylic oxidation sites excluding steroid dienone is 3. The predicted octanol–water partition coefficient (Wildman–Crippen LogP) is 3.31. The molecule has 0 saturated heterocycles. The minimum atomic E-state index is 0.352. The highest BCUT2D eigenvalue weighted by atomic mass is 14.6. The zero-order chi connectivity index (χ0) is 9.80. The zero-order valence-electron chi connectivity index (χ0n) is 8.97. The van der Waals surface area contributed by atoms with Crippen LogP contribution in [-0.4, -0.2) is 6.04 Å². The highest BCUT2D eigenvalue weighted by Crippen LogP contribution is 2.27. The lowest BCUT2D eigenvalue weighted by Gasteiger charge is -2.12. The van der Waals surface area contributed by atoms with Crippen molar-refractivity contribution >= 4 is 0 Å². The van der Waals surface area contributed by atoms with Gasteiger partial charge in [0.25, 0.3) is 0 Å². The van der Waals surface area contributed by atoms with E-state index in [1.54, 1.807) is 11.1 Å². The van der Waals surface area contributed by atoms with E-state index in [4.69, 9.17) is 5.73 Å². The summed E-state index contributed by atoms with van der Waals surface area (Å²) >= 11 is 0. The maximum absolute atomic E-state index is 5.84. The van der Waals surface area contributed by atoms with Crippen molar-refractivity contribution in [3.63, 3.8) is 0 Å². The molecule has 0 aliphatic heterocycles. The molecule has 0 bridgehead atoms. The Balaban J connectivity index is 1.76. The van der Waals surface area contributed by atoms with Gasteiger partial charge >= 0.3 is 0 Å². The maximum atomic E-state index is 5.84. The van der Waals surface area contributed by atoms with Gasteiger partial charge in [-0.05, 0) is 51.4 Å². The quantitative estimate of drug-likeness (QED) is 0.680. The van der Waals surface area contributed by atoms with Crippen molar-refractivity contribution in [2.45, 2.75) is 57.4 Å². The van der Waals surface area contributed by atoms with Crippen LogP contribution in [0, 0.1) is 0 Å². The third kappa shape index (κ3) is 2.71. The second-order valence-corrected chi connectivity index (χ2v) is 4.64. The Morgan fingerprint density at radius 3 is 2.64 bits per heavy atom. The monoisotopic (exact) mass is 191 g/mol. The topological polar surface area (TPSA) is 26.0 Å². The van der Waals surface area contributed by atoms with E-state index in [1.165, 1.54) is 51.4 Å². The Bertz CT molecular complexity index is 248. The van der Waals surface area contributed by atoms with Gasteiger partial charge in [-0.25, -0.2) is 0 Å². The number of nitrogens with two attached hydrogens (primary N) is 1. The summed E-state index contributed by atoms with van der Waals surface area (Å²) < 4.78 is 0. The number of rotatable bonds is 3. The average Bonchev–Trinajstić information content (AvgIpc) is 2.63. The smallest absolute Gasteiger partial charge is 0.0229 e. The predicted molar refractivity (Wildman–Crippen MR) is 61.1 cm³/mol. The highest BCUT2D eigenvalue weighted by molar-refractivity contribution is 5.16. The highest BCUT2D eigenvalue weighted by Gasteiger charge is 2.12. The van der Waals surface area contributed by atoms with Gasteiger partial charge < -0.3 is 5.73 Å². The molecular formula is C13H21N. The summed E-state index contributed by atoms with van der Waals surface area (Å²) in [4.78, 5) is 0. The molecule has 2 N–H and O–H groups in total. The lowest BCUT2D eigenvalue weighted by atomic mass is 9.94. The Morgan fingerprint density at radius 1 is 1.14 bits per heavy atom. The van der Waals surface area contributed by atoms with Gasteiger partial charge in [0.15, 0.2) is 0 Å². The van der Waals surface area contributed by atoms with Gasteiger partial charge in [-0.15, -0.1) is 0 Å². The van der Waals surface area contributed by atoms with E-state index in [9.17, 15) is 0 Å². The van der Waals surface area contributed by atoms with E-state index >= 15 is 0 Å². The molecule has 14 heavy (non-hydrogen) atoms. The average molecular weight is 191 g/mol. The lowest BCUT2D eigenvalue weighted by molar-refractivity contribution is 0.669. The van der Waals surface area contributed by atoms with Crippen molar-refractivity contribution < 1.29 is 0 Å². The van der Waals surface area contributed by atoms with Gasteiger partial charge in [-0.3, -0.25) is 0 Å². The molecule has 1 heteroatoms. The van der Waals surface area contributed by atoms with Crippen LogP contribution in [0.25, 0.3) is 0 Å². The Hall–Kier alpha value is -0.560. The molecule has 2 rings (SSSR count).